The van der Waals surface area contributed by atoms with Gasteiger partial charge in [-0.1, -0.05) is 35.9 Å². The number of imide groups is 1. The molecule has 3 aliphatic rings. The molecule has 2 bridgehead atoms. The highest BCUT2D eigenvalue weighted by molar-refractivity contribution is 6.31. The second-order valence-corrected chi connectivity index (χ2v) is 8.26. The maximum Gasteiger partial charge on any atom is 0.257 e. The number of anilines is 2. The first kappa shape index (κ1) is 18.9. The maximum atomic E-state index is 13.2. The zero-order chi connectivity index (χ0) is 21.0. The Kier molecular flexibility index (Phi) is 4.40. The van der Waals surface area contributed by atoms with Crippen LogP contribution >= 0.6 is 11.6 Å². The van der Waals surface area contributed by atoms with Crippen LogP contribution in [0.4, 0.5) is 11.4 Å². The molecule has 0 unspecified atom stereocenters. The Morgan fingerprint density at radius 3 is 2.40 bits per heavy atom. The van der Waals surface area contributed by atoms with Crippen LogP contribution in [0.3, 0.4) is 0 Å². The first-order valence-corrected chi connectivity index (χ1v) is 10.2. The van der Waals surface area contributed by atoms with E-state index in [2.05, 4.69) is 5.32 Å². The van der Waals surface area contributed by atoms with Crippen LogP contribution in [-0.4, -0.2) is 24.8 Å². The summed E-state index contributed by atoms with van der Waals surface area (Å²) in [5.74, 6) is -0.866. The molecule has 0 aromatic heterocycles. The number of para-hydroxylation sites is 1. The number of amides is 3. The van der Waals surface area contributed by atoms with Gasteiger partial charge in [-0.2, -0.15) is 0 Å². The minimum absolute atomic E-state index is 0.109. The maximum absolute atomic E-state index is 13.2. The van der Waals surface area contributed by atoms with E-state index >= 15 is 0 Å². The number of allylic oxidation sites excluding steroid dienone is 2. The summed E-state index contributed by atoms with van der Waals surface area (Å²) in [5.41, 5.74) is 0.948. The number of carbonyl (C=O) groups excluding carboxylic acids is 3. The van der Waals surface area contributed by atoms with Gasteiger partial charge in [0.25, 0.3) is 5.91 Å². The van der Waals surface area contributed by atoms with Gasteiger partial charge >= 0.3 is 0 Å². The molecule has 0 spiro atoms. The molecule has 0 radical (unpaired) electrons. The molecule has 4 atom stereocenters. The van der Waals surface area contributed by atoms with E-state index in [1.807, 2.05) is 12.2 Å². The number of benzene rings is 2. The topological polar surface area (TPSA) is 75.7 Å². The average molecular weight is 423 g/mol. The molecule has 1 saturated carbocycles. The predicted molar refractivity (Wildman–Crippen MR) is 113 cm³/mol. The van der Waals surface area contributed by atoms with Crippen LogP contribution in [0.15, 0.2) is 54.6 Å². The number of hydrogen-bond donors (Lipinski definition) is 1. The SMILES string of the molecule is COc1ccc(Cl)cc1NC(=O)c1ccccc1N1C(=O)[C@H]2[C@H](C1=O)[C@H]1C=C[C@H]2C1. The standard InChI is InChI=1S/C23H19ClN2O4/c1-30-18-9-8-14(24)11-16(18)25-21(27)15-4-2-3-5-17(15)26-22(28)19-12-6-7-13(10-12)20(19)23(26)29/h2-9,11-13,19-20H,10H2,1H3,(H,25,27)/t12-,13-,19+,20+/m0/s1. The van der Waals surface area contributed by atoms with Crippen LogP contribution in [0.25, 0.3) is 0 Å². The third kappa shape index (κ3) is 2.75. The van der Waals surface area contributed by atoms with Gasteiger partial charge in [0.1, 0.15) is 5.75 Å². The third-order valence-electron chi connectivity index (χ3n) is 6.27. The number of nitrogens with one attached hydrogen (secondary N) is 1. The van der Waals surface area contributed by atoms with E-state index in [-0.39, 0.29) is 41.0 Å². The van der Waals surface area contributed by atoms with E-state index in [1.54, 1.807) is 42.5 Å². The molecule has 152 valence electrons. The number of fused-ring (bicyclic) bond motifs is 5. The first-order valence-electron chi connectivity index (χ1n) is 9.79. The lowest BCUT2D eigenvalue weighted by Crippen LogP contribution is -2.34. The van der Waals surface area contributed by atoms with Crippen molar-refractivity contribution in [3.05, 3.63) is 65.2 Å². The molecule has 2 aromatic carbocycles. The summed E-state index contributed by atoms with van der Waals surface area (Å²) in [6, 6.07) is 11.5. The number of hydrogen-bond acceptors (Lipinski definition) is 4. The zero-order valence-electron chi connectivity index (χ0n) is 16.2. The van der Waals surface area contributed by atoms with Crippen molar-refractivity contribution in [2.24, 2.45) is 23.7 Å². The molecule has 5 rings (SSSR count). The van der Waals surface area contributed by atoms with E-state index < -0.39 is 5.91 Å². The summed E-state index contributed by atoms with van der Waals surface area (Å²) < 4.78 is 5.28. The van der Waals surface area contributed by atoms with Gasteiger partial charge in [-0.05, 0) is 48.6 Å². The Morgan fingerprint density at radius 2 is 1.73 bits per heavy atom. The molecule has 2 aliphatic carbocycles. The van der Waals surface area contributed by atoms with E-state index in [4.69, 9.17) is 16.3 Å². The lowest BCUT2D eigenvalue weighted by Gasteiger charge is -2.20. The molecule has 2 aromatic rings. The predicted octanol–water partition coefficient (Wildman–Crippen LogP) is 3.91. The fraction of sp³-hybridized carbons (Fsp3) is 0.261. The summed E-state index contributed by atoms with van der Waals surface area (Å²) in [5, 5.41) is 3.23. The summed E-state index contributed by atoms with van der Waals surface area (Å²) in [7, 11) is 1.50. The minimum Gasteiger partial charge on any atom is -0.495 e. The highest BCUT2D eigenvalue weighted by Crippen LogP contribution is 2.53. The Balaban J connectivity index is 1.48. The van der Waals surface area contributed by atoms with E-state index in [0.717, 1.165) is 6.42 Å². The third-order valence-corrected chi connectivity index (χ3v) is 6.50. The van der Waals surface area contributed by atoms with Crippen molar-refractivity contribution in [3.8, 4) is 5.75 Å². The molecule has 6 nitrogen and oxygen atoms in total. The monoisotopic (exact) mass is 422 g/mol. The molecule has 1 saturated heterocycles. The quantitative estimate of drug-likeness (QED) is 0.598. The van der Waals surface area contributed by atoms with Crippen LogP contribution in [0.1, 0.15) is 16.8 Å². The van der Waals surface area contributed by atoms with Gasteiger partial charge in [-0.25, -0.2) is 4.90 Å². The highest BCUT2D eigenvalue weighted by atomic mass is 35.5. The molecule has 3 amide bonds. The van der Waals surface area contributed by atoms with Crippen LogP contribution in [0.5, 0.6) is 5.75 Å². The lowest BCUT2D eigenvalue weighted by atomic mass is 9.85. The number of methoxy groups -OCH3 is 1. The van der Waals surface area contributed by atoms with E-state index in [9.17, 15) is 14.4 Å². The Hall–Kier alpha value is -3.12. The number of halogens is 1. The molecule has 30 heavy (non-hydrogen) atoms. The Morgan fingerprint density at radius 1 is 1.07 bits per heavy atom. The Labute approximate surface area is 178 Å². The van der Waals surface area contributed by atoms with Gasteiger partial charge in [-0.3, -0.25) is 14.4 Å². The van der Waals surface area contributed by atoms with Gasteiger partial charge in [0.15, 0.2) is 0 Å². The zero-order valence-corrected chi connectivity index (χ0v) is 16.9. The summed E-state index contributed by atoms with van der Waals surface area (Å²) in [4.78, 5) is 40.6. The van der Waals surface area contributed by atoms with Crippen molar-refractivity contribution in [3.63, 3.8) is 0 Å². The van der Waals surface area contributed by atoms with Crippen LogP contribution in [-0.2, 0) is 9.59 Å². The minimum atomic E-state index is -0.454. The van der Waals surface area contributed by atoms with Gasteiger partial charge < -0.3 is 10.1 Å². The van der Waals surface area contributed by atoms with Crippen LogP contribution in [0.2, 0.25) is 5.02 Å². The van der Waals surface area contributed by atoms with Gasteiger partial charge in [0, 0.05) is 5.02 Å². The Bertz CT molecular complexity index is 1080. The van der Waals surface area contributed by atoms with Crippen molar-refractivity contribution < 1.29 is 19.1 Å². The number of ether oxygens (including phenoxy) is 1. The number of carbonyl (C=O) groups is 3. The van der Waals surface area contributed by atoms with Crippen molar-refractivity contribution in [1.29, 1.82) is 0 Å². The largest absolute Gasteiger partial charge is 0.495 e. The van der Waals surface area contributed by atoms with Crippen molar-refractivity contribution in [2.45, 2.75) is 6.42 Å². The van der Waals surface area contributed by atoms with Crippen molar-refractivity contribution in [2.75, 3.05) is 17.3 Å². The molecule has 2 fully saturated rings. The van der Waals surface area contributed by atoms with Crippen molar-refractivity contribution >= 4 is 40.7 Å². The molecular weight excluding hydrogens is 404 g/mol. The van der Waals surface area contributed by atoms with Gasteiger partial charge in [0.05, 0.1) is 35.9 Å². The lowest BCUT2D eigenvalue weighted by molar-refractivity contribution is -0.123. The normalized spacial score (nSPS) is 26.3. The smallest absolute Gasteiger partial charge is 0.257 e. The summed E-state index contributed by atoms with van der Waals surface area (Å²) >= 11 is 6.05. The van der Waals surface area contributed by atoms with Gasteiger partial charge in [0.2, 0.25) is 11.8 Å². The number of rotatable bonds is 4. The first-order chi connectivity index (χ1) is 14.5. The average Bonchev–Trinajstić information content (AvgIpc) is 3.42. The highest BCUT2D eigenvalue weighted by Gasteiger charge is 2.59. The molecule has 7 heteroatoms. The van der Waals surface area contributed by atoms with Crippen molar-refractivity contribution in [1.82, 2.24) is 0 Å². The van der Waals surface area contributed by atoms with Crippen LogP contribution in [0, 0.1) is 23.7 Å². The van der Waals surface area contributed by atoms with E-state index in [0.29, 0.717) is 22.1 Å². The van der Waals surface area contributed by atoms with Crippen LogP contribution < -0.4 is 15.0 Å². The molecule has 1 N–H and O–H groups in total. The fourth-order valence-electron chi connectivity index (χ4n) is 4.97. The summed E-state index contributed by atoms with van der Waals surface area (Å²) in [6.45, 7) is 0. The number of nitrogens with zero attached hydrogens (tertiary/aromatic N) is 1. The molecule has 1 aliphatic heterocycles. The van der Waals surface area contributed by atoms with Gasteiger partial charge in [-0.15, -0.1) is 0 Å². The molecular formula is C23H19ClN2O4. The molecule has 1 heterocycles. The summed E-state index contributed by atoms with van der Waals surface area (Å²) in [6.07, 6.45) is 4.95. The second kappa shape index (κ2) is 6.99. The fourth-order valence-corrected chi connectivity index (χ4v) is 5.14. The van der Waals surface area contributed by atoms with E-state index in [1.165, 1.54) is 12.0 Å². The second-order valence-electron chi connectivity index (χ2n) is 7.83.